The van der Waals surface area contributed by atoms with Crippen molar-refractivity contribution in [3.8, 4) is 5.75 Å². The van der Waals surface area contributed by atoms with Gasteiger partial charge in [-0.15, -0.1) is 11.3 Å². The standard InChI is InChI=1S/C27H34F2N6O2S/c1-15(2)37-21-11-19(31)17(12-30)10-20(21)34-26-25-18-8-7-16(9-22(18)38-27(25)33-14-32-26)5-4-6-24(36)35(3)13-23(28)29/h10-12,14-16,23,30H,4-9,13,31H2,1-3H3,(H,32,33,34). The maximum atomic E-state index is 12.5. The lowest BCUT2D eigenvalue weighted by Crippen LogP contribution is -2.31. The molecule has 4 rings (SSSR count). The van der Waals surface area contributed by atoms with E-state index in [2.05, 4.69) is 15.3 Å². The first-order valence-electron chi connectivity index (χ1n) is 12.8. The van der Waals surface area contributed by atoms with Gasteiger partial charge in [0.15, 0.2) is 0 Å². The highest BCUT2D eigenvalue weighted by molar-refractivity contribution is 7.19. The summed E-state index contributed by atoms with van der Waals surface area (Å²) in [4.78, 5) is 24.5. The number of nitrogens with two attached hydrogens (primary N) is 1. The second kappa shape index (κ2) is 12.0. The van der Waals surface area contributed by atoms with Crippen molar-refractivity contribution in [2.24, 2.45) is 5.92 Å². The van der Waals surface area contributed by atoms with Gasteiger partial charge in [0.1, 0.15) is 22.7 Å². The molecule has 0 aliphatic heterocycles. The van der Waals surface area contributed by atoms with Crippen LogP contribution in [0.5, 0.6) is 5.75 Å². The SMILES string of the molecule is CC(C)Oc1cc(N)c(C=N)cc1Nc1ncnc2sc3c(c12)CCC(CCCC(=O)N(C)CC(F)F)C3. The minimum atomic E-state index is -2.51. The van der Waals surface area contributed by atoms with Crippen molar-refractivity contribution < 1.29 is 18.3 Å². The van der Waals surface area contributed by atoms with Crippen LogP contribution in [0.2, 0.25) is 0 Å². The molecule has 1 atom stereocenters. The number of nitrogen functional groups attached to an aromatic ring is 1. The molecule has 0 spiro atoms. The van der Waals surface area contributed by atoms with E-state index in [-0.39, 0.29) is 12.0 Å². The first kappa shape index (κ1) is 27.7. The van der Waals surface area contributed by atoms with Crippen molar-refractivity contribution in [1.29, 1.82) is 5.41 Å². The van der Waals surface area contributed by atoms with E-state index in [1.807, 2.05) is 13.8 Å². The van der Waals surface area contributed by atoms with Gasteiger partial charge in [-0.3, -0.25) is 4.79 Å². The number of alkyl halides is 2. The van der Waals surface area contributed by atoms with Crippen molar-refractivity contribution in [2.75, 3.05) is 24.6 Å². The topological polar surface area (TPSA) is 117 Å². The van der Waals surface area contributed by atoms with Crippen LogP contribution in [0, 0.1) is 11.3 Å². The molecule has 1 aliphatic carbocycles. The molecular formula is C27H34F2N6O2S. The van der Waals surface area contributed by atoms with E-state index in [4.69, 9.17) is 15.9 Å². The minimum absolute atomic E-state index is 0.0583. The number of nitrogens with zero attached hydrogens (tertiary/aromatic N) is 3. The Labute approximate surface area is 225 Å². The Balaban J connectivity index is 1.51. The monoisotopic (exact) mass is 544 g/mol. The quantitative estimate of drug-likeness (QED) is 0.207. The molecule has 2 heterocycles. The number of carbonyl (C=O) groups excluding carboxylic acids is 1. The molecule has 0 saturated heterocycles. The van der Waals surface area contributed by atoms with Crippen molar-refractivity contribution in [3.05, 3.63) is 34.5 Å². The number of thiophene rings is 1. The van der Waals surface area contributed by atoms with Gasteiger partial charge >= 0.3 is 0 Å². The van der Waals surface area contributed by atoms with E-state index in [1.165, 1.54) is 23.7 Å². The molecule has 1 amide bonds. The molecule has 0 saturated carbocycles. The first-order valence-corrected chi connectivity index (χ1v) is 13.6. The van der Waals surface area contributed by atoms with Crippen molar-refractivity contribution in [1.82, 2.24) is 14.9 Å². The van der Waals surface area contributed by atoms with E-state index in [0.29, 0.717) is 47.3 Å². The average Bonchev–Trinajstić information content (AvgIpc) is 3.23. The molecule has 38 heavy (non-hydrogen) atoms. The summed E-state index contributed by atoms with van der Waals surface area (Å²) in [5, 5.41) is 12.1. The van der Waals surface area contributed by atoms with Gasteiger partial charge in [-0.25, -0.2) is 18.7 Å². The molecule has 1 aliphatic rings. The lowest BCUT2D eigenvalue weighted by molar-refractivity contribution is -0.131. The molecule has 3 aromatic rings. The summed E-state index contributed by atoms with van der Waals surface area (Å²) in [6, 6.07) is 3.52. The highest BCUT2D eigenvalue weighted by atomic mass is 32.1. The van der Waals surface area contributed by atoms with Crippen molar-refractivity contribution >= 4 is 50.9 Å². The number of ether oxygens (including phenoxy) is 1. The van der Waals surface area contributed by atoms with Crippen LogP contribution >= 0.6 is 11.3 Å². The number of aryl methyl sites for hydroxylation is 1. The molecule has 8 nitrogen and oxygen atoms in total. The van der Waals surface area contributed by atoms with E-state index < -0.39 is 13.0 Å². The number of nitrogens with one attached hydrogen (secondary N) is 2. The lowest BCUT2D eigenvalue weighted by atomic mass is 9.84. The molecule has 11 heteroatoms. The van der Waals surface area contributed by atoms with Crippen LogP contribution in [0.1, 0.15) is 55.5 Å². The third-order valence-corrected chi connectivity index (χ3v) is 7.91. The Hall–Kier alpha value is -3.34. The average molecular weight is 545 g/mol. The Kier molecular flexibility index (Phi) is 8.76. The number of halogens is 2. The second-order valence-corrected chi connectivity index (χ2v) is 11.1. The van der Waals surface area contributed by atoms with Gasteiger partial charge in [0.2, 0.25) is 5.91 Å². The first-order chi connectivity index (χ1) is 18.2. The summed E-state index contributed by atoms with van der Waals surface area (Å²) < 4.78 is 31.0. The number of hydrogen-bond donors (Lipinski definition) is 3. The predicted molar refractivity (Wildman–Crippen MR) is 148 cm³/mol. The number of fused-ring (bicyclic) bond motifs is 3. The van der Waals surface area contributed by atoms with Gasteiger partial charge in [0.05, 0.1) is 23.7 Å². The molecule has 0 radical (unpaired) electrons. The number of rotatable bonds is 11. The van der Waals surface area contributed by atoms with Crippen molar-refractivity contribution in [3.63, 3.8) is 0 Å². The zero-order chi connectivity index (χ0) is 27.4. The van der Waals surface area contributed by atoms with E-state index >= 15 is 0 Å². The van der Waals surface area contributed by atoms with Crippen LogP contribution in [0.3, 0.4) is 0 Å². The fraction of sp³-hybridized carbons (Fsp3) is 0.481. The summed E-state index contributed by atoms with van der Waals surface area (Å²) in [5.41, 5.74) is 9.08. The number of aromatic nitrogens is 2. The zero-order valence-electron chi connectivity index (χ0n) is 21.9. The van der Waals surface area contributed by atoms with E-state index in [0.717, 1.165) is 40.8 Å². The number of carbonyl (C=O) groups is 1. The molecule has 4 N–H and O–H groups in total. The lowest BCUT2D eigenvalue weighted by Gasteiger charge is -2.23. The normalized spacial score (nSPS) is 15.1. The summed E-state index contributed by atoms with van der Waals surface area (Å²) >= 11 is 1.67. The third kappa shape index (κ3) is 6.38. The zero-order valence-corrected chi connectivity index (χ0v) is 22.7. The van der Waals surface area contributed by atoms with Crippen molar-refractivity contribution in [2.45, 2.75) is 64.9 Å². The fourth-order valence-electron chi connectivity index (χ4n) is 4.88. The summed E-state index contributed by atoms with van der Waals surface area (Å²) in [6.07, 6.45) is 4.81. The largest absolute Gasteiger partial charge is 0.489 e. The molecule has 1 unspecified atom stereocenters. The minimum Gasteiger partial charge on any atom is -0.489 e. The van der Waals surface area contributed by atoms with Crippen LogP contribution in [0.4, 0.5) is 26.0 Å². The van der Waals surface area contributed by atoms with Crippen LogP contribution < -0.4 is 15.8 Å². The Morgan fingerprint density at radius 3 is 2.87 bits per heavy atom. The Bertz CT molecular complexity index is 1310. The van der Waals surface area contributed by atoms with Crippen LogP contribution in [-0.2, 0) is 17.6 Å². The highest BCUT2D eigenvalue weighted by Gasteiger charge is 2.26. The van der Waals surface area contributed by atoms with E-state index in [1.54, 1.807) is 29.8 Å². The van der Waals surface area contributed by atoms with Crippen LogP contribution in [-0.4, -0.2) is 53.1 Å². The van der Waals surface area contributed by atoms with Gasteiger partial charge in [0, 0.05) is 41.9 Å². The highest BCUT2D eigenvalue weighted by Crippen LogP contribution is 2.42. The summed E-state index contributed by atoms with van der Waals surface area (Å²) in [7, 11) is 1.43. The molecule has 0 bridgehead atoms. The molecule has 0 fully saturated rings. The number of hydrogen-bond acceptors (Lipinski definition) is 8. The maximum absolute atomic E-state index is 12.5. The second-order valence-electron chi connectivity index (χ2n) is 9.99. The number of amides is 1. The van der Waals surface area contributed by atoms with Gasteiger partial charge < -0.3 is 26.1 Å². The van der Waals surface area contributed by atoms with Gasteiger partial charge in [-0.2, -0.15) is 0 Å². The predicted octanol–water partition coefficient (Wildman–Crippen LogP) is 5.80. The molecular weight excluding hydrogens is 510 g/mol. The van der Waals surface area contributed by atoms with Gasteiger partial charge in [-0.1, -0.05) is 0 Å². The molecule has 2 aromatic heterocycles. The van der Waals surface area contributed by atoms with Gasteiger partial charge in [0.25, 0.3) is 6.43 Å². The Morgan fingerprint density at radius 1 is 1.37 bits per heavy atom. The Morgan fingerprint density at radius 2 is 2.16 bits per heavy atom. The summed E-state index contributed by atoms with van der Waals surface area (Å²) in [6.45, 7) is 3.36. The molecule has 1 aromatic carbocycles. The molecule has 204 valence electrons. The summed E-state index contributed by atoms with van der Waals surface area (Å²) in [5.74, 6) is 1.48. The fourth-order valence-corrected chi connectivity index (χ4v) is 6.18. The number of anilines is 3. The maximum Gasteiger partial charge on any atom is 0.255 e. The van der Waals surface area contributed by atoms with Gasteiger partial charge in [-0.05, 0) is 63.5 Å². The number of benzene rings is 1. The van der Waals surface area contributed by atoms with Crippen LogP contribution in [0.15, 0.2) is 18.5 Å². The third-order valence-electron chi connectivity index (χ3n) is 6.74. The smallest absolute Gasteiger partial charge is 0.255 e. The van der Waals surface area contributed by atoms with Crippen LogP contribution in [0.25, 0.3) is 10.2 Å². The van der Waals surface area contributed by atoms with E-state index in [9.17, 15) is 13.6 Å².